The van der Waals surface area contributed by atoms with E-state index in [1.54, 1.807) is 0 Å². The van der Waals surface area contributed by atoms with Crippen LogP contribution >= 0.6 is 0 Å². The highest BCUT2D eigenvalue weighted by Gasteiger charge is 2.71. The first kappa shape index (κ1) is 30.5. The molecule has 0 radical (unpaired) electrons. The van der Waals surface area contributed by atoms with Gasteiger partial charge in [-0.3, -0.25) is 0 Å². The fourth-order valence-corrected chi connectivity index (χ4v) is 5.27. The van der Waals surface area contributed by atoms with E-state index in [2.05, 4.69) is 0 Å². The Kier molecular flexibility index (Phi) is 7.67. The Morgan fingerprint density at radius 2 is 1.16 bits per heavy atom. The van der Waals surface area contributed by atoms with E-state index in [9.17, 15) is 31.4 Å². The van der Waals surface area contributed by atoms with E-state index in [0.29, 0.717) is 18.4 Å². The standard InChI is InChI=1S/C28H35BF6O3/c1-9-25(10-2,19-11-13-21(17(3)15-19)26(36,27(30,31)32)28(33,34)35)20-12-14-22(18(4)16-20)29-37-23(5,6)24(7,8)38-29/h11-16,36H,9-10H2,1-8H3. The number of hydrogen-bond acceptors (Lipinski definition) is 3. The first-order chi connectivity index (χ1) is 17.2. The minimum Gasteiger partial charge on any atom is -0.399 e. The van der Waals surface area contributed by atoms with Gasteiger partial charge in [0.05, 0.1) is 11.2 Å². The molecule has 0 bridgehead atoms. The second-order valence-corrected chi connectivity index (χ2v) is 11.2. The Bertz CT molecular complexity index is 1150. The van der Waals surface area contributed by atoms with Gasteiger partial charge in [-0.2, -0.15) is 26.3 Å². The molecule has 0 atom stereocenters. The summed E-state index contributed by atoms with van der Waals surface area (Å²) in [5.41, 5.74) is -5.04. The maximum Gasteiger partial charge on any atom is 0.495 e. The number of rotatable bonds is 6. The molecule has 0 saturated carbocycles. The van der Waals surface area contributed by atoms with Crippen LogP contribution < -0.4 is 5.46 Å². The molecule has 210 valence electrons. The minimum absolute atomic E-state index is 0.295. The van der Waals surface area contributed by atoms with Gasteiger partial charge in [-0.15, -0.1) is 0 Å². The Labute approximate surface area is 220 Å². The second-order valence-electron chi connectivity index (χ2n) is 11.2. The molecular weight excluding hydrogens is 509 g/mol. The molecule has 3 rings (SSSR count). The van der Waals surface area contributed by atoms with Gasteiger partial charge in [0, 0.05) is 11.0 Å². The van der Waals surface area contributed by atoms with E-state index in [1.165, 1.54) is 12.1 Å². The van der Waals surface area contributed by atoms with Crippen LogP contribution in [0.2, 0.25) is 0 Å². The first-order valence-electron chi connectivity index (χ1n) is 12.6. The quantitative estimate of drug-likeness (QED) is 0.314. The summed E-state index contributed by atoms with van der Waals surface area (Å²) in [5, 5.41) is 9.93. The molecule has 10 heteroatoms. The van der Waals surface area contributed by atoms with Gasteiger partial charge in [0.15, 0.2) is 0 Å². The molecule has 3 nitrogen and oxygen atoms in total. The normalized spacial score (nSPS) is 18.2. The van der Waals surface area contributed by atoms with Gasteiger partial charge in [0.2, 0.25) is 0 Å². The summed E-state index contributed by atoms with van der Waals surface area (Å²) in [6.45, 7) is 14.8. The molecule has 0 aromatic heterocycles. The van der Waals surface area contributed by atoms with Crippen LogP contribution in [0.5, 0.6) is 0 Å². The zero-order valence-electron chi connectivity index (χ0n) is 23.0. The van der Waals surface area contributed by atoms with Crippen molar-refractivity contribution in [3.8, 4) is 0 Å². The lowest BCUT2D eigenvalue weighted by Gasteiger charge is -2.37. The molecule has 0 aliphatic carbocycles. The first-order valence-corrected chi connectivity index (χ1v) is 12.6. The summed E-state index contributed by atoms with van der Waals surface area (Å²) < 4.78 is 93.4. The molecule has 1 saturated heterocycles. The van der Waals surface area contributed by atoms with Crippen molar-refractivity contribution in [2.45, 2.75) is 103 Å². The topological polar surface area (TPSA) is 38.7 Å². The average molecular weight is 544 g/mol. The summed E-state index contributed by atoms with van der Waals surface area (Å²) in [4.78, 5) is 0. The third kappa shape index (κ3) is 4.66. The van der Waals surface area contributed by atoms with Gasteiger partial charge < -0.3 is 14.4 Å². The van der Waals surface area contributed by atoms with E-state index in [0.717, 1.165) is 29.6 Å². The third-order valence-corrected chi connectivity index (χ3v) is 8.53. The molecule has 0 spiro atoms. The Morgan fingerprint density at radius 3 is 1.53 bits per heavy atom. The van der Waals surface area contributed by atoms with Crippen LogP contribution in [0.25, 0.3) is 0 Å². The van der Waals surface area contributed by atoms with Crippen molar-refractivity contribution >= 4 is 12.6 Å². The lowest BCUT2D eigenvalue weighted by molar-refractivity contribution is -0.376. The van der Waals surface area contributed by atoms with Crippen LogP contribution in [-0.4, -0.2) is 35.8 Å². The lowest BCUT2D eigenvalue weighted by Crippen LogP contribution is -2.54. The average Bonchev–Trinajstić information content (AvgIpc) is 2.99. The van der Waals surface area contributed by atoms with E-state index in [4.69, 9.17) is 9.31 Å². The van der Waals surface area contributed by atoms with E-state index >= 15 is 0 Å². The van der Waals surface area contributed by atoms with E-state index in [1.807, 2.05) is 66.7 Å². The van der Waals surface area contributed by atoms with Crippen LogP contribution in [0, 0.1) is 13.8 Å². The molecule has 0 unspecified atom stereocenters. The van der Waals surface area contributed by atoms with Crippen molar-refractivity contribution in [1.29, 1.82) is 0 Å². The molecule has 1 fully saturated rings. The lowest BCUT2D eigenvalue weighted by atomic mass is 9.67. The number of benzene rings is 2. The van der Waals surface area contributed by atoms with Crippen molar-refractivity contribution < 1.29 is 40.8 Å². The number of hydrogen-bond donors (Lipinski definition) is 1. The third-order valence-electron chi connectivity index (χ3n) is 8.53. The van der Waals surface area contributed by atoms with Crippen LogP contribution in [0.15, 0.2) is 36.4 Å². The Morgan fingerprint density at radius 1 is 0.737 bits per heavy atom. The van der Waals surface area contributed by atoms with Crippen molar-refractivity contribution in [2.24, 2.45) is 0 Å². The predicted octanol–water partition coefficient (Wildman–Crippen LogP) is 7.02. The highest BCUT2D eigenvalue weighted by atomic mass is 19.4. The number of alkyl halides is 6. The highest BCUT2D eigenvalue weighted by molar-refractivity contribution is 6.62. The zero-order chi connectivity index (χ0) is 29.1. The summed E-state index contributed by atoms with van der Waals surface area (Å²) >= 11 is 0. The monoisotopic (exact) mass is 544 g/mol. The van der Waals surface area contributed by atoms with Gasteiger partial charge in [-0.05, 0) is 76.5 Å². The maximum atomic E-state index is 13.5. The summed E-state index contributed by atoms with van der Waals surface area (Å²) in [6.07, 6.45) is -10.8. The van der Waals surface area contributed by atoms with Gasteiger partial charge in [-0.25, -0.2) is 0 Å². The Hall–Kier alpha value is -2.04. The van der Waals surface area contributed by atoms with Gasteiger partial charge in [0.25, 0.3) is 5.60 Å². The number of aryl methyl sites for hydroxylation is 2. The zero-order valence-corrected chi connectivity index (χ0v) is 23.0. The van der Waals surface area contributed by atoms with Gasteiger partial charge in [-0.1, -0.05) is 55.8 Å². The Balaban J connectivity index is 2.09. The molecule has 2 aromatic carbocycles. The molecule has 1 aliphatic rings. The number of halogens is 6. The maximum absolute atomic E-state index is 13.5. The summed E-state index contributed by atoms with van der Waals surface area (Å²) in [6, 6.07) is 9.11. The van der Waals surface area contributed by atoms with Crippen molar-refractivity contribution in [3.05, 3.63) is 64.2 Å². The van der Waals surface area contributed by atoms with Crippen LogP contribution in [0.1, 0.15) is 82.2 Å². The van der Waals surface area contributed by atoms with Crippen LogP contribution in [-0.2, 0) is 20.3 Å². The largest absolute Gasteiger partial charge is 0.495 e. The van der Waals surface area contributed by atoms with Crippen LogP contribution in [0.4, 0.5) is 26.3 Å². The molecule has 1 aliphatic heterocycles. The molecular formula is C28H35BF6O3. The fourth-order valence-electron chi connectivity index (χ4n) is 5.27. The molecule has 0 amide bonds. The molecule has 2 aromatic rings. The van der Waals surface area contributed by atoms with Gasteiger partial charge >= 0.3 is 19.5 Å². The summed E-state index contributed by atoms with van der Waals surface area (Å²) in [7, 11) is -0.573. The summed E-state index contributed by atoms with van der Waals surface area (Å²) in [5.74, 6) is 0. The SMILES string of the molecule is CCC(CC)(c1ccc(B2OC(C)(C)C(C)(C)O2)c(C)c1)c1ccc(C(O)(C(F)(F)F)C(F)(F)F)c(C)c1. The predicted molar refractivity (Wildman–Crippen MR) is 135 cm³/mol. The fraction of sp³-hybridized carbons (Fsp3) is 0.571. The van der Waals surface area contributed by atoms with Crippen molar-refractivity contribution in [3.63, 3.8) is 0 Å². The smallest absolute Gasteiger partial charge is 0.399 e. The van der Waals surface area contributed by atoms with Crippen molar-refractivity contribution in [1.82, 2.24) is 0 Å². The minimum atomic E-state index is -5.94. The van der Waals surface area contributed by atoms with Crippen LogP contribution in [0.3, 0.4) is 0 Å². The van der Waals surface area contributed by atoms with E-state index < -0.39 is 47.3 Å². The second kappa shape index (κ2) is 9.56. The van der Waals surface area contributed by atoms with E-state index in [-0.39, 0.29) is 5.56 Å². The van der Waals surface area contributed by atoms with Crippen molar-refractivity contribution in [2.75, 3.05) is 0 Å². The molecule has 1 N–H and O–H groups in total. The number of aliphatic hydroxyl groups is 1. The highest BCUT2D eigenvalue weighted by Crippen LogP contribution is 2.51. The van der Waals surface area contributed by atoms with Gasteiger partial charge in [0.1, 0.15) is 0 Å². The molecule has 1 heterocycles. The molecule has 38 heavy (non-hydrogen) atoms.